The summed E-state index contributed by atoms with van der Waals surface area (Å²) in [7, 11) is 0. The second-order valence-electron chi connectivity index (χ2n) is 14.5. The van der Waals surface area contributed by atoms with Crippen molar-refractivity contribution in [2.24, 2.45) is 23.2 Å². The number of thiazole rings is 1. The van der Waals surface area contributed by atoms with Gasteiger partial charge in [-0.25, -0.2) is 14.5 Å². The molecule has 0 saturated heterocycles. The van der Waals surface area contributed by atoms with Crippen LogP contribution in [0.4, 0.5) is 15.7 Å². The minimum absolute atomic E-state index is 0.0254. The van der Waals surface area contributed by atoms with Crippen molar-refractivity contribution in [1.82, 2.24) is 25.0 Å². The highest BCUT2D eigenvalue weighted by atomic mass is 32.1. The number of para-hydroxylation sites is 1. The standard InChI is InChI=1S/C37H37N7O4S/c1-21-32(41-42-44(21)20-37-16-22-13-23(17-37)15-24(14-22)18-37)27-9-10-31(39-34(27)48-36(46)47)43-12-11-25-5-4-6-26(28(25)19-43)33(45)40-35-38-29-7-2-3-8-30(29)49-35/h2-10,22-24H,11-20H2,1H3,(H,46,47)(H,38,40,45). The topological polar surface area (TPSA) is 135 Å². The van der Waals surface area contributed by atoms with Gasteiger partial charge < -0.3 is 14.7 Å². The quantitative estimate of drug-likeness (QED) is 0.170. The van der Waals surface area contributed by atoms with E-state index < -0.39 is 6.16 Å². The number of fused-ring (bicyclic) bond motifs is 2. The predicted octanol–water partition coefficient (Wildman–Crippen LogP) is 7.35. The second-order valence-corrected chi connectivity index (χ2v) is 15.6. The van der Waals surface area contributed by atoms with E-state index >= 15 is 0 Å². The number of carbonyl (C=O) groups is 2. The zero-order valence-corrected chi connectivity index (χ0v) is 28.1. The number of rotatable bonds is 7. The Morgan fingerprint density at radius 3 is 2.53 bits per heavy atom. The summed E-state index contributed by atoms with van der Waals surface area (Å²) in [5, 5.41) is 22.3. The van der Waals surface area contributed by atoms with Crippen LogP contribution in [-0.4, -0.2) is 48.7 Å². The third kappa shape index (κ3) is 5.51. The van der Waals surface area contributed by atoms with Crippen LogP contribution in [0.25, 0.3) is 21.5 Å². The number of carbonyl (C=O) groups excluding carboxylic acids is 1. The van der Waals surface area contributed by atoms with Crippen LogP contribution >= 0.6 is 11.3 Å². The van der Waals surface area contributed by atoms with Crippen molar-refractivity contribution in [3.05, 3.63) is 77.0 Å². The lowest BCUT2D eigenvalue weighted by atomic mass is 9.49. The van der Waals surface area contributed by atoms with E-state index in [0.717, 1.165) is 51.3 Å². The highest BCUT2D eigenvalue weighted by Crippen LogP contribution is 2.60. The van der Waals surface area contributed by atoms with Gasteiger partial charge in [0.05, 0.1) is 21.5 Å². The van der Waals surface area contributed by atoms with Gasteiger partial charge in [-0.15, -0.1) is 5.10 Å². The maximum atomic E-state index is 13.5. The van der Waals surface area contributed by atoms with Crippen molar-refractivity contribution >= 4 is 44.6 Å². The van der Waals surface area contributed by atoms with Crippen molar-refractivity contribution in [2.45, 2.75) is 65.0 Å². The fraction of sp³-hybridized carbons (Fsp3) is 0.405. The molecule has 4 saturated carbocycles. The molecule has 250 valence electrons. The van der Waals surface area contributed by atoms with Crippen molar-refractivity contribution in [2.75, 3.05) is 16.8 Å². The summed E-state index contributed by atoms with van der Waals surface area (Å²) in [6, 6.07) is 17.3. The van der Waals surface area contributed by atoms with Crippen LogP contribution in [0.15, 0.2) is 54.6 Å². The molecule has 4 aliphatic carbocycles. The molecule has 4 fully saturated rings. The molecule has 4 heterocycles. The summed E-state index contributed by atoms with van der Waals surface area (Å²) >= 11 is 1.44. The number of hydrogen-bond acceptors (Lipinski definition) is 9. The summed E-state index contributed by atoms with van der Waals surface area (Å²) in [6.07, 6.45) is 7.21. The smallest absolute Gasteiger partial charge is 0.449 e. The first-order valence-corrected chi connectivity index (χ1v) is 18.0. The highest BCUT2D eigenvalue weighted by molar-refractivity contribution is 7.22. The molecule has 0 radical (unpaired) electrons. The molecule has 5 aromatic rings. The molecule has 0 spiro atoms. The Bertz CT molecular complexity index is 2050. The zero-order valence-electron chi connectivity index (χ0n) is 27.3. The van der Waals surface area contributed by atoms with Crippen LogP contribution in [0, 0.1) is 30.1 Å². The summed E-state index contributed by atoms with van der Waals surface area (Å²) in [5.41, 5.74) is 5.66. The SMILES string of the molecule is Cc1c(-c2ccc(N3CCc4cccc(C(=O)Nc5nc6ccccc6s5)c4C3)nc2OC(=O)O)nnn1CC12CC3CC(CC(C3)C1)C2. The van der Waals surface area contributed by atoms with Crippen molar-refractivity contribution in [3.8, 4) is 17.1 Å². The number of ether oxygens (including phenoxy) is 1. The number of benzene rings is 2. The number of nitrogens with zero attached hydrogens (tertiary/aromatic N) is 6. The normalized spacial score (nSPS) is 23.9. The Balaban J connectivity index is 0.976. The minimum atomic E-state index is -1.44. The summed E-state index contributed by atoms with van der Waals surface area (Å²) < 4.78 is 8.31. The molecule has 1 aliphatic heterocycles. The maximum Gasteiger partial charge on any atom is 0.512 e. The van der Waals surface area contributed by atoms with E-state index in [1.807, 2.05) is 71.1 Å². The molecule has 10 rings (SSSR count). The van der Waals surface area contributed by atoms with Crippen molar-refractivity contribution in [1.29, 1.82) is 0 Å². The van der Waals surface area contributed by atoms with Crippen molar-refractivity contribution in [3.63, 3.8) is 0 Å². The molecule has 5 aliphatic rings. The fourth-order valence-electron chi connectivity index (χ4n) is 9.59. The van der Waals surface area contributed by atoms with E-state index in [1.165, 1.54) is 49.9 Å². The van der Waals surface area contributed by atoms with Gasteiger partial charge in [-0.2, -0.15) is 4.98 Å². The molecule has 3 aromatic heterocycles. The predicted molar refractivity (Wildman–Crippen MR) is 186 cm³/mol. The summed E-state index contributed by atoms with van der Waals surface area (Å²) in [4.78, 5) is 36.7. The molecular weight excluding hydrogens is 639 g/mol. The van der Waals surface area contributed by atoms with Crippen molar-refractivity contribution < 1.29 is 19.4 Å². The largest absolute Gasteiger partial charge is 0.512 e. The van der Waals surface area contributed by atoms with Crippen LogP contribution in [-0.2, 0) is 19.5 Å². The molecule has 11 nitrogen and oxygen atoms in total. The Hall–Kier alpha value is -4.84. The van der Waals surface area contributed by atoms with E-state index in [1.54, 1.807) is 0 Å². The number of carboxylic acid groups (broad SMARTS) is 1. The van der Waals surface area contributed by atoms with Gasteiger partial charge in [0.15, 0.2) is 5.13 Å². The molecule has 4 bridgehead atoms. The molecule has 0 atom stereocenters. The fourth-order valence-corrected chi connectivity index (χ4v) is 10.4. The lowest BCUT2D eigenvalue weighted by Crippen LogP contribution is -2.48. The van der Waals surface area contributed by atoms with E-state index in [4.69, 9.17) is 9.72 Å². The van der Waals surface area contributed by atoms with Gasteiger partial charge >= 0.3 is 6.16 Å². The number of nitrogens with one attached hydrogen (secondary N) is 1. The van der Waals surface area contributed by atoms with Crippen LogP contribution in [0.1, 0.15) is 65.7 Å². The summed E-state index contributed by atoms with van der Waals surface area (Å²) in [6.45, 7) is 3.92. The molecule has 2 N–H and O–H groups in total. The first kappa shape index (κ1) is 30.2. The van der Waals surface area contributed by atoms with Gasteiger partial charge in [0.1, 0.15) is 11.5 Å². The highest BCUT2D eigenvalue weighted by Gasteiger charge is 2.51. The third-order valence-corrected chi connectivity index (χ3v) is 12.2. The van der Waals surface area contributed by atoms with E-state index in [-0.39, 0.29) is 17.2 Å². The van der Waals surface area contributed by atoms with Gasteiger partial charge in [-0.3, -0.25) is 10.1 Å². The number of anilines is 2. The Kier molecular flexibility index (Phi) is 7.19. The monoisotopic (exact) mass is 675 g/mol. The van der Waals surface area contributed by atoms with E-state index in [0.29, 0.717) is 47.3 Å². The van der Waals surface area contributed by atoms with Gasteiger partial charge in [-0.1, -0.05) is 40.8 Å². The molecule has 12 heteroatoms. The molecule has 1 amide bonds. The van der Waals surface area contributed by atoms with Gasteiger partial charge in [0.2, 0.25) is 5.88 Å². The first-order valence-electron chi connectivity index (χ1n) is 17.1. The molecule has 2 aromatic carbocycles. The van der Waals surface area contributed by atoms with Gasteiger partial charge in [-0.05, 0) is 116 Å². The van der Waals surface area contributed by atoms with Crippen LogP contribution in [0.2, 0.25) is 0 Å². The summed E-state index contributed by atoms with van der Waals surface area (Å²) in [5.74, 6) is 2.84. The first-order chi connectivity index (χ1) is 23.8. The number of aromatic nitrogens is 5. The minimum Gasteiger partial charge on any atom is -0.449 e. The number of amides is 1. The average Bonchev–Trinajstić information content (AvgIpc) is 3.65. The van der Waals surface area contributed by atoms with Gasteiger partial charge in [0.25, 0.3) is 5.91 Å². The Morgan fingerprint density at radius 2 is 1.78 bits per heavy atom. The Morgan fingerprint density at radius 1 is 1.00 bits per heavy atom. The van der Waals surface area contributed by atoms with Crippen LogP contribution in [0.5, 0.6) is 5.88 Å². The van der Waals surface area contributed by atoms with Gasteiger partial charge in [0, 0.05) is 25.2 Å². The molecular formula is C37H37N7O4S. The molecule has 0 unspecified atom stereocenters. The third-order valence-electron chi connectivity index (χ3n) is 11.3. The van der Waals surface area contributed by atoms with E-state index in [9.17, 15) is 14.7 Å². The Labute approximate surface area is 287 Å². The van der Waals surface area contributed by atoms with Crippen LogP contribution < -0.4 is 15.0 Å². The second kappa shape index (κ2) is 11.6. The van der Waals surface area contributed by atoms with Crippen LogP contribution in [0.3, 0.4) is 0 Å². The number of hydrogen-bond donors (Lipinski definition) is 2. The lowest BCUT2D eigenvalue weighted by molar-refractivity contribution is -0.0640. The number of pyridine rings is 1. The average molecular weight is 676 g/mol. The molecule has 49 heavy (non-hydrogen) atoms. The zero-order chi connectivity index (χ0) is 33.3. The maximum absolute atomic E-state index is 13.5. The van der Waals surface area contributed by atoms with E-state index in [2.05, 4.69) is 20.6 Å². The lowest BCUT2D eigenvalue weighted by Gasteiger charge is -2.56.